The van der Waals surface area contributed by atoms with Crippen molar-refractivity contribution in [2.75, 3.05) is 25.0 Å². The highest BCUT2D eigenvalue weighted by atomic mass is 35.5. The zero-order valence-electron chi connectivity index (χ0n) is 12.7. The van der Waals surface area contributed by atoms with E-state index in [1.54, 1.807) is 0 Å². The van der Waals surface area contributed by atoms with Gasteiger partial charge in [0.1, 0.15) is 4.90 Å². The first kappa shape index (κ1) is 18.1. The van der Waals surface area contributed by atoms with Gasteiger partial charge in [-0.05, 0) is 36.8 Å². The predicted octanol–water partition coefficient (Wildman–Crippen LogP) is 3.80. The number of hydrogen-bond acceptors (Lipinski definition) is 3. The molecule has 0 radical (unpaired) electrons. The Labute approximate surface area is 147 Å². The third-order valence-electron chi connectivity index (χ3n) is 3.34. The van der Waals surface area contributed by atoms with Crippen LogP contribution in [0.2, 0.25) is 10.0 Å². The standard InChI is InChI=1S/C16H18Cl2N2O2S/c1-20(14-6-3-2-4-7-14)11-5-10-19-23(21,22)16-9-8-13(17)12-15(16)18/h2-4,6-9,12,19H,5,10-11H2,1H3. The van der Waals surface area contributed by atoms with Gasteiger partial charge in [0.25, 0.3) is 0 Å². The lowest BCUT2D eigenvalue weighted by Crippen LogP contribution is -2.28. The summed E-state index contributed by atoms with van der Waals surface area (Å²) in [5.74, 6) is 0. The maximum Gasteiger partial charge on any atom is 0.242 e. The SMILES string of the molecule is CN(CCCNS(=O)(=O)c1ccc(Cl)cc1Cl)c1ccccc1. The fourth-order valence-corrected chi connectivity index (χ4v) is 3.95. The number of para-hydroxylation sites is 1. The molecule has 0 aliphatic rings. The van der Waals surface area contributed by atoms with Gasteiger partial charge in [-0.3, -0.25) is 0 Å². The Morgan fingerprint density at radius 2 is 1.78 bits per heavy atom. The molecule has 0 bridgehead atoms. The van der Waals surface area contributed by atoms with Crippen LogP contribution < -0.4 is 9.62 Å². The van der Waals surface area contributed by atoms with Crippen LogP contribution in [0.3, 0.4) is 0 Å². The van der Waals surface area contributed by atoms with Gasteiger partial charge in [-0.2, -0.15) is 0 Å². The van der Waals surface area contributed by atoms with Gasteiger partial charge in [-0.1, -0.05) is 41.4 Å². The monoisotopic (exact) mass is 372 g/mol. The predicted molar refractivity (Wildman–Crippen MR) is 96.0 cm³/mol. The first-order valence-electron chi connectivity index (χ1n) is 7.11. The quantitative estimate of drug-likeness (QED) is 0.751. The Kier molecular flexibility index (Phi) is 6.30. The smallest absolute Gasteiger partial charge is 0.242 e. The highest BCUT2D eigenvalue weighted by Gasteiger charge is 2.17. The third kappa shape index (κ3) is 5.11. The number of anilines is 1. The molecule has 0 unspecified atom stereocenters. The molecule has 0 heterocycles. The lowest BCUT2D eigenvalue weighted by Gasteiger charge is -2.19. The van der Waals surface area contributed by atoms with Crippen LogP contribution in [0.4, 0.5) is 5.69 Å². The topological polar surface area (TPSA) is 49.4 Å². The van der Waals surface area contributed by atoms with E-state index in [0.717, 1.165) is 12.2 Å². The molecule has 23 heavy (non-hydrogen) atoms. The summed E-state index contributed by atoms with van der Waals surface area (Å²) in [6.07, 6.45) is 0.676. The van der Waals surface area contributed by atoms with Gasteiger partial charge >= 0.3 is 0 Å². The Bertz CT molecular complexity index is 752. The average molecular weight is 373 g/mol. The molecule has 0 saturated heterocycles. The molecule has 0 fully saturated rings. The first-order chi connectivity index (χ1) is 10.9. The van der Waals surface area contributed by atoms with Crippen LogP contribution >= 0.6 is 23.2 Å². The second kappa shape index (κ2) is 8.02. The van der Waals surface area contributed by atoms with Crippen molar-refractivity contribution in [1.29, 1.82) is 0 Å². The van der Waals surface area contributed by atoms with Crippen LogP contribution in [0, 0.1) is 0 Å². The van der Waals surface area contributed by atoms with Gasteiger partial charge in [0.05, 0.1) is 5.02 Å². The molecule has 2 aromatic rings. The molecule has 0 aliphatic carbocycles. The summed E-state index contributed by atoms with van der Waals surface area (Å²) in [6, 6.07) is 14.2. The van der Waals surface area contributed by atoms with Crippen molar-refractivity contribution >= 4 is 38.9 Å². The van der Waals surface area contributed by atoms with Crippen LogP contribution in [0.15, 0.2) is 53.4 Å². The molecule has 0 spiro atoms. The second-order valence-electron chi connectivity index (χ2n) is 5.08. The van der Waals surface area contributed by atoms with Crippen molar-refractivity contribution in [3.63, 3.8) is 0 Å². The van der Waals surface area contributed by atoms with Crippen LogP contribution in [0.5, 0.6) is 0 Å². The molecular formula is C16H18Cl2N2O2S. The molecule has 0 aliphatic heterocycles. The number of sulfonamides is 1. The summed E-state index contributed by atoms with van der Waals surface area (Å²) in [4.78, 5) is 2.11. The normalized spacial score (nSPS) is 11.4. The van der Waals surface area contributed by atoms with Gasteiger partial charge in [0, 0.05) is 30.8 Å². The largest absolute Gasteiger partial charge is 0.375 e. The van der Waals surface area contributed by atoms with E-state index in [2.05, 4.69) is 9.62 Å². The van der Waals surface area contributed by atoms with Gasteiger partial charge < -0.3 is 4.90 Å². The Hall–Kier alpha value is -1.27. The summed E-state index contributed by atoms with van der Waals surface area (Å²) < 4.78 is 27.0. The van der Waals surface area contributed by atoms with Crippen molar-refractivity contribution in [2.45, 2.75) is 11.3 Å². The van der Waals surface area contributed by atoms with Crippen LogP contribution in [0.25, 0.3) is 0 Å². The van der Waals surface area contributed by atoms with E-state index in [1.165, 1.54) is 18.2 Å². The Morgan fingerprint density at radius 1 is 1.09 bits per heavy atom. The van der Waals surface area contributed by atoms with Gasteiger partial charge in [-0.15, -0.1) is 0 Å². The molecule has 2 rings (SSSR count). The lowest BCUT2D eigenvalue weighted by molar-refractivity contribution is 0.579. The summed E-state index contributed by atoms with van der Waals surface area (Å²) in [5.41, 5.74) is 1.09. The number of nitrogens with zero attached hydrogens (tertiary/aromatic N) is 1. The zero-order valence-corrected chi connectivity index (χ0v) is 15.0. The lowest BCUT2D eigenvalue weighted by atomic mass is 10.3. The molecule has 1 N–H and O–H groups in total. The van der Waals surface area contributed by atoms with Crippen molar-refractivity contribution in [2.24, 2.45) is 0 Å². The van der Waals surface area contributed by atoms with Crippen molar-refractivity contribution < 1.29 is 8.42 Å². The number of nitrogens with one attached hydrogen (secondary N) is 1. The number of halogens is 2. The number of hydrogen-bond donors (Lipinski definition) is 1. The van der Waals surface area contributed by atoms with Crippen molar-refractivity contribution in [1.82, 2.24) is 4.72 Å². The molecule has 2 aromatic carbocycles. The molecule has 0 amide bonds. The van der Waals surface area contributed by atoms with Crippen molar-refractivity contribution in [3.8, 4) is 0 Å². The zero-order chi connectivity index (χ0) is 16.9. The van der Waals surface area contributed by atoms with E-state index < -0.39 is 10.0 Å². The second-order valence-corrected chi connectivity index (χ2v) is 7.66. The summed E-state index contributed by atoms with van der Waals surface area (Å²) >= 11 is 11.7. The molecule has 7 heteroatoms. The average Bonchev–Trinajstić information content (AvgIpc) is 2.52. The minimum absolute atomic E-state index is 0.0416. The highest BCUT2D eigenvalue weighted by Crippen LogP contribution is 2.24. The molecule has 4 nitrogen and oxygen atoms in total. The molecular weight excluding hydrogens is 355 g/mol. The van der Waals surface area contributed by atoms with Gasteiger partial charge in [0.15, 0.2) is 0 Å². The molecule has 0 saturated carbocycles. The van der Waals surface area contributed by atoms with E-state index in [-0.39, 0.29) is 9.92 Å². The van der Waals surface area contributed by atoms with Gasteiger partial charge in [0.2, 0.25) is 10.0 Å². The number of rotatable bonds is 7. The van der Waals surface area contributed by atoms with Crippen molar-refractivity contribution in [3.05, 3.63) is 58.6 Å². The number of benzene rings is 2. The summed E-state index contributed by atoms with van der Waals surface area (Å²) in [7, 11) is -1.66. The van der Waals surface area contributed by atoms with E-state index in [9.17, 15) is 8.42 Å². The fourth-order valence-electron chi connectivity index (χ4n) is 2.11. The van der Waals surface area contributed by atoms with Gasteiger partial charge in [-0.25, -0.2) is 13.1 Å². The van der Waals surface area contributed by atoms with Crippen LogP contribution in [0.1, 0.15) is 6.42 Å². The minimum atomic E-state index is -3.63. The van der Waals surface area contributed by atoms with Crippen LogP contribution in [-0.4, -0.2) is 28.6 Å². The fraction of sp³-hybridized carbons (Fsp3) is 0.250. The molecule has 0 atom stereocenters. The maximum absolute atomic E-state index is 12.2. The minimum Gasteiger partial charge on any atom is -0.375 e. The first-order valence-corrected chi connectivity index (χ1v) is 9.35. The van der Waals surface area contributed by atoms with E-state index in [0.29, 0.717) is 18.0 Å². The molecule has 0 aromatic heterocycles. The summed E-state index contributed by atoms with van der Waals surface area (Å²) in [6.45, 7) is 1.07. The van der Waals surface area contributed by atoms with E-state index in [1.807, 2.05) is 37.4 Å². The van der Waals surface area contributed by atoms with E-state index >= 15 is 0 Å². The summed E-state index contributed by atoms with van der Waals surface area (Å²) in [5, 5.41) is 0.518. The Balaban J connectivity index is 1.88. The van der Waals surface area contributed by atoms with Crippen LogP contribution in [-0.2, 0) is 10.0 Å². The highest BCUT2D eigenvalue weighted by molar-refractivity contribution is 7.89. The Morgan fingerprint density at radius 3 is 2.43 bits per heavy atom. The maximum atomic E-state index is 12.2. The van der Waals surface area contributed by atoms with E-state index in [4.69, 9.17) is 23.2 Å². The molecule has 124 valence electrons. The third-order valence-corrected chi connectivity index (χ3v) is 5.52.